The minimum Gasteiger partial charge on any atom is -0.464 e. The van der Waals surface area contributed by atoms with Gasteiger partial charge in [-0.3, -0.25) is 9.36 Å². The smallest absolute Gasteiger partial charge is 0.333 e. The summed E-state index contributed by atoms with van der Waals surface area (Å²) in [6.07, 6.45) is -0.724. The number of fused-ring (bicyclic) bond motifs is 1. The van der Waals surface area contributed by atoms with Crippen molar-refractivity contribution in [2.24, 2.45) is 0 Å². The third-order valence-electron chi connectivity index (χ3n) is 5.84. The number of hydrogen-bond acceptors (Lipinski definition) is 8. The molecule has 38 heavy (non-hydrogen) atoms. The Bertz CT molecular complexity index is 1450. The molecule has 0 fully saturated rings. The Morgan fingerprint density at radius 2 is 1.71 bits per heavy atom. The van der Waals surface area contributed by atoms with E-state index in [9.17, 15) is 19.2 Å². The first kappa shape index (κ1) is 29.8. The predicted molar refractivity (Wildman–Crippen MR) is 150 cm³/mol. The monoisotopic (exact) mass is 608 g/mol. The van der Waals surface area contributed by atoms with Crippen molar-refractivity contribution in [1.82, 2.24) is 9.13 Å². The summed E-state index contributed by atoms with van der Waals surface area (Å²) in [5.74, 6) is -1.24. The Hall–Kier alpha value is -2.76. The molecule has 1 unspecified atom stereocenters. The van der Waals surface area contributed by atoms with Crippen LogP contribution in [0.15, 0.2) is 43.7 Å². The summed E-state index contributed by atoms with van der Waals surface area (Å²) in [5, 5.41) is 0.315. The Morgan fingerprint density at radius 3 is 2.29 bits per heavy atom. The van der Waals surface area contributed by atoms with Crippen LogP contribution in [0.3, 0.4) is 0 Å². The van der Waals surface area contributed by atoms with Gasteiger partial charge in [-0.05, 0) is 75.5 Å². The third kappa shape index (κ3) is 6.27. The molecule has 1 atom stereocenters. The van der Waals surface area contributed by atoms with Gasteiger partial charge in [0.15, 0.2) is 0 Å². The number of esters is 2. The molecular formula is C27H33BrN2O7S. The van der Waals surface area contributed by atoms with Gasteiger partial charge in [-0.25, -0.2) is 19.0 Å². The molecule has 0 aliphatic carbocycles. The summed E-state index contributed by atoms with van der Waals surface area (Å²) < 4.78 is 19.6. The highest BCUT2D eigenvalue weighted by Crippen LogP contribution is 2.34. The average Bonchev–Trinajstić information content (AvgIpc) is 3.12. The summed E-state index contributed by atoms with van der Waals surface area (Å²) in [6, 6.07) is 9.15. The zero-order valence-corrected chi connectivity index (χ0v) is 25.0. The number of nitrogens with zero attached hydrogens (tertiary/aromatic N) is 2. The molecule has 0 bridgehead atoms. The van der Waals surface area contributed by atoms with Crippen LogP contribution in [0.1, 0.15) is 58.8 Å². The molecule has 0 N–H and O–H groups in total. The van der Waals surface area contributed by atoms with E-state index in [2.05, 4.69) is 15.9 Å². The van der Waals surface area contributed by atoms with E-state index in [1.807, 2.05) is 30.3 Å². The molecular weight excluding hydrogens is 576 g/mol. The van der Waals surface area contributed by atoms with Crippen LogP contribution in [-0.4, -0.2) is 39.9 Å². The number of ether oxygens (including phenoxy) is 3. The summed E-state index contributed by atoms with van der Waals surface area (Å²) in [6.45, 7) is 11.5. The maximum absolute atomic E-state index is 14.0. The van der Waals surface area contributed by atoms with E-state index in [4.69, 9.17) is 14.2 Å². The van der Waals surface area contributed by atoms with Gasteiger partial charge in [-0.1, -0.05) is 30.3 Å². The zero-order chi connectivity index (χ0) is 28.4. The number of rotatable bonds is 9. The fourth-order valence-corrected chi connectivity index (χ4v) is 5.62. The molecule has 2 aromatic heterocycles. The summed E-state index contributed by atoms with van der Waals surface area (Å²) >= 11 is 4.74. The second-order valence-corrected chi connectivity index (χ2v) is 12.6. The summed E-state index contributed by atoms with van der Waals surface area (Å²) in [4.78, 5) is 53.4. The van der Waals surface area contributed by atoms with Gasteiger partial charge < -0.3 is 14.2 Å². The van der Waals surface area contributed by atoms with Gasteiger partial charge in [-0.15, -0.1) is 11.3 Å². The van der Waals surface area contributed by atoms with E-state index in [0.29, 0.717) is 19.6 Å². The topological polar surface area (TPSA) is 106 Å². The van der Waals surface area contributed by atoms with Crippen LogP contribution in [0.5, 0.6) is 0 Å². The highest BCUT2D eigenvalue weighted by molar-refractivity contribution is 9.11. The SMILES string of the molecule is CCOC(=O)COC(Cn1c(=O)n(C(C)(C)C(=O)OC(C)(C)C)c(=O)c2c(C)c(Br)sc21)c1ccccc1. The van der Waals surface area contributed by atoms with Gasteiger partial charge in [-0.2, -0.15) is 0 Å². The van der Waals surface area contributed by atoms with Crippen molar-refractivity contribution in [3.63, 3.8) is 0 Å². The molecule has 206 valence electrons. The Labute approximate surface area is 233 Å². The highest BCUT2D eigenvalue weighted by atomic mass is 79.9. The molecule has 0 radical (unpaired) electrons. The van der Waals surface area contributed by atoms with Crippen LogP contribution in [0, 0.1) is 6.92 Å². The number of carbonyl (C=O) groups excluding carboxylic acids is 2. The van der Waals surface area contributed by atoms with Crippen LogP contribution in [0.4, 0.5) is 0 Å². The Morgan fingerprint density at radius 1 is 1.08 bits per heavy atom. The minimum absolute atomic E-state index is 0.0180. The van der Waals surface area contributed by atoms with Crippen molar-refractivity contribution in [2.45, 2.75) is 72.3 Å². The number of thiophene rings is 1. The zero-order valence-electron chi connectivity index (χ0n) is 22.6. The van der Waals surface area contributed by atoms with E-state index in [1.165, 1.54) is 29.8 Å². The highest BCUT2D eigenvalue weighted by Gasteiger charge is 2.39. The van der Waals surface area contributed by atoms with Crippen LogP contribution < -0.4 is 11.2 Å². The van der Waals surface area contributed by atoms with Gasteiger partial charge in [0.2, 0.25) is 0 Å². The number of hydrogen-bond donors (Lipinski definition) is 0. The molecule has 2 heterocycles. The first-order chi connectivity index (χ1) is 17.7. The number of halogens is 1. The second-order valence-electron chi connectivity index (χ2n) is 10.3. The van der Waals surface area contributed by atoms with E-state index in [1.54, 1.807) is 34.6 Å². The first-order valence-electron chi connectivity index (χ1n) is 12.2. The molecule has 3 aromatic rings. The van der Waals surface area contributed by atoms with Crippen molar-refractivity contribution >= 4 is 49.4 Å². The molecule has 11 heteroatoms. The number of aryl methyl sites for hydroxylation is 1. The van der Waals surface area contributed by atoms with E-state index >= 15 is 0 Å². The van der Waals surface area contributed by atoms with Crippen LogP contribution in [0.25, 0.3) is 10.2 Å². The van der Waals surface area contributed by atoms with Crippen molar-refractivity contribution in [3.8, 4) is 0 Å². The van der Waals surface area contributed by atoms with E-state index < -0.39 is 40.4 Å². The molecule has 3 rings (SSSR count). The average molecular weight is 610 g/mol. The molecule has 0 saturated carbocycles. The van der Waals surface area contributed by atoms with Crippen molar-refractivity contribution in [2.75, 3.05) is 13.2 Å². The lowest BCUT2D eigenvalue weighted by Gasteiger charge is -2.30. The molecule has 0 aliphatic heterocycles. The van der Waals surface area contributed by atoms with E-state index in [-0.39, 0.29) is 19.8 Å². The van der Waals surface area contributed by atoms with Gasteiger partial charge in [0.05, 0.1) is 22.3 Å². The summed E-state index contributed by atoms with van der Waals surface area (Å²) in [7, 11) is 0. The van der Waals surface area contributed by atoms with E-state index in [0.717, 1.165) is 10.1 Å². The molecule has 0 saturated heterocycles. The molecule has 0 spiro atoms. The van der Waals surface area contributed by atoms with Gasteiger partial charge in [0.25, 0.3) is 5.56 Å². The van der Waals surface area contributed by atoms with Crippen molar-refractivity contribution < 1.29 is 23.8 Å². The Balaban J connectivity index is 2.23. The van der Waals surface area contributed by atoms with Crippen LogP contribution in [-0.2, 0) is 35.9 Å². The fourth-order valence-electron chi connectivity index (χ4n) is 3.93. The molecule has 9 nitrogen and oxygen atoms in total. The predicted octanol–water partition coefficient (Wildman–Crippen LogP) is 4.69. The quantitative estimate of drug-likeness (QED) is 0.324. The van der Waals surface area contributed by atoms with Crippen molar-refractivity contribution in [3.05, 3.63) is 66.1 Å². The maximum Gasteiger partial charge on any atom is 0.333 e. The van der Waals surface area contributed by atoms with Crippen molar-refractivity contribution in [1.29, 1.82) is 0 Å². The Kier molecular flexibility index (Phi) is 9.05. The number of benzene rings is 1. The minimum atomic E-state index is -1.60. The second kappa shape index (κ2) is 11.5. The lowest BCUT2D eigenvalue weighted by Crippen LogP contribution is -2.54. The third-order valence-corrected chi connectivity index (χ3v) is 8.02. The van der Waals surface area contributed by atoms with Gasteiger partial charge in [0, 0.05) is 0 Å². The van der Waals surface area contributed by atoms with Gasteiger partial charge in [0.1, 0.15) is 28.7 Å². The summed E-state index contributed by atoms with van der Waals surface area (Å²) in [5.41, 5.74) is -2.31. The first-order valence-corrected chi connectivity index (χ1v) is 13.8. The largest absolute Gasteiger partial charge is 0.464 e. The number of aromatic nitrogens is 2. The normalized spacial score (nSPS) is 12.9. The molecule has 0 amide bonds. The molecule has 1 aromatic carbocycles. The fraction of sp³-hybridized carbons (Fsp3) is 0.481. The van der Waals surface area contributed by atoms with Crippen LogP contribution >= 0.6 is 27.3 Å². The maximum atomic E-state index is 14.0. The lowest BCUT2D eigenvalue weighted by atomic mass is 10.0. The number of carbonyl (C=O) groups is 2. The van der Waals surface area contributed by atoms with Crippen LogP contribution in [0.2, 0.25) is 0 Å². The standard InChI is InChI=1S/C27H33BrN2O7S/c1-8-35-19(31)15-36-18(17-12-10-9-11-13-17)14-29-23-20(16(2)21(28)38-23)22(32)30(25(29)34)27(6,7)24(33)37-26(3,4)5/h9-13,18H,8,14-15H2,1-7H3. The molecule has 0 aliphatic rings. The van der Waals surface area contributed by atoms with Gasteiger partial charge >= 0.3 is 17.6 Å². The lowest BCUT2D eigenvalue weighted by molar-refractivity contribution is -0.164.